The molecule has 2 aliphatic heterocycles. The third kappa shape index (κ3) is 4.01. The molecule has 2 aliphatic rings. The fraction of sp³-hybridized carbons (Fsp3) is 0.238. The van der Waals surface area contributed by atoms with E-state index in [0.29, 0.717) is 50.0 Å². The van der Waals surface area contributed by atoms with E-state index in [-0.39, 0.29) is 10.8 Å². The van der Waals surface area contributed by atoms with Gasteiger partial charge in [0.15, 0.2) is 5.76 Å². The molecule has 2 aromatic heterocycles. The number of furan rings is 1. The summed E-state index contributed by atoms with van der Waals surface area (Å²) in [6, 6.07) is 12.6. The van der Waals surface area contributed by atoms with Gasteiger partial charge in [0.25, 0.3) is 15.9 Å². The van der Waals surface area contributed by atoms with Crippen molar-refractivity contribution in [2.45, 2.75) is 4.90 Å². The topological polar surface area (TPSA) is 95.2 Å². The lowest BCUT2D eigenvalue weighted by molar-refractivity contribution is 0.0623. The van der Waals surface area contributed by atoms with Crippen LogP contribution >= 0.6 is 11.3 Å². The van der Waals surface area contributed by atoms with Gasteiger partial charge in [-0.05, 0) is 41.3 Å². The van der Waals surface area contributed by atoms with Crippen molar-refractivity contribution in [2.75, 3.05) is 38.0 Å². The third-order valence-corrected chi connectivity index (χ3v) is 7.61. The predicted molar refractivity (Wildman–Crippen MR) is 119 cm³/mol. The van der Waals surface area contributed by atoms with E-state index in [1.807, 2.05) is 23.6 Å². The van der Waals surface area contributed by atoms with Crippen LogP contribution in [0.1, 0.15) is 10.6 Å². The number of hydrogen-bond acceptors (Lipinski definition) is 7. The second kappa shape index (κ2) is 7.95. The standard InChI is InChI=1S/C21H20N4O4S2/c26-21(17-3-1-11-29-17)25-9-7-24(8-10-25)14-20-22-16-6-5-15(18-4-2-12-30-18)13-19(16)31(27,28)23-20/h1-6,11-13H,7-10,14H2,(H,22,23). The smallest absolute Gasteiger partial charge is 0.289 e. The molecule has 3 aromatic rings. The molecule has 8 nitrogen and oxygen atoms in total. The zero-order chi connectivity index (χ0) is 21.4. The average Bonchev–Trinajstić information content (AvgIpc) is 3.48. The van der Waals surface area contributed by atoms with E-state index in [0.717, 1.165) is 10.4 Å². The summed E-state index contributed by atoms with van der Waals surface area (Å²) in [6.45, 7) is 2.70. The van der Waals surface area contributed by atoms with Gasteiger partial charge in [-0.2, -0.15) is 8.42 Å². The lowest BCUT2D eigenvalue weighted by atomic mass is 10.1. The molecule has 4 heterocycles. The van der Waals surface area contributed by atoms with Gasteiger partial charge in [-0.25, -0.2) is 0 Å². The molecule has 1 aromatic carbocycles. The summed E-state index contributed by atoms with van der Waals surface area (Å²) in [5.74, 6) is 0.592. The van der Waals surface area contributed by atoms with E-state index in [9.17, 15) is 13.2 Å². The summed E-state index contributed by atoms with van der Waals surface area (Å²) >= 11 is 1.56. The van der Waals surface area contributed by atoms with Crippen molar-refractivity contribution in [3.8, 4) is 10.4 Å². The van der Waals surface area contributed by atoms with E-state index < -0.39 is 10.0 Å². The number of benzene rings is 1. The molecule has 1 amide bonds. The Hall–Kier alpha value is -2.95. The summed E-state index contributed by atoms with van der Waals surface area (Å²) in [5, 5.41) is 5.12. The fourth-order valence-electron chi connectivity index (χ4n) is 3.75. The van der Waals surface area contributed by atoms with Crippen LogP contribution in [0.4, 0.5) is 5.69 Å². The SMILES string of the molecule is O=C(c1ccco1)N1CCN(CC2=NS(=O)(=O)c3cc(-c4cccs4)ccc3N2)CC1. The molecular weight excluding hydrogens is 436 g/mol. The maximum absolute atomic E-state index is 12.8. The van der Waals surface area contributed by atoms with Gasteiger partial charge in [0, 0.05) is 31.1 Å². The van der Waals surface area contributed by atoms with Crippen LogP contribution in [0.15, 0.2) is 67.8 Å². The van der Waals surface area contributed by atoms with Gasteiger partial charge in [0.1, 0.15) is 10.7 Å². The Balaban J connectivity index is 1.26. The van der Waals surface area contributed by atoms with Crippen molar-refractivity contribution in [3.05, 3.63) is 59.9 Å². The van der Waals surface area contributed by atoms with Crippen LogP contribution in [0.3, 0.4) is 0 Å². The van der Waals surface area contributed by atoms with Crippen molar-refractivity contribution < 1.29 is 17.6 Å². The minimum atomic E-state index is -3.78. The molecule has 1 fully saturated rings. The first-order valence-corrected chi connectivity index (χ1v) is 12.2. The monoisotopic (exact) mass is 456 g/mol. The van der Waals surface area contributed by atoms with Crippen LogP contribution in [-0.4, -0.2) is 62.7 Å². The number of thiophene rings is 1. The molecule has 5 rings (SSSR count). The van der Waals surface area contributed by atoms with E-state index in [4.69, 9.17) is 4.42 Å². The molecule has 1 saturated heterocycles. The van der Waals surface area contributed by atoms with E-state index in [1.165, 1.54) is 6.26 Å². The van der Waals surface area contributed by atoms with Crippen LogP contribution < -0.4 is 5.32 Å². The largest absolute Gasteiger partial charge is 0.459 e. The van der Waals surface area contributed by atoms with Crippen LogP contribution in [0.2, 0.25) is 0 Å². The normalized spacial score (nSPS) is 18.2. The Morgan fingerprint density at radius 2 is 1.97 bits per heavy atom. The van der Waals surface area contributed by atoms with Gasteiger partial charge in [-0.15, -0.1) is 15.7 Å². The number of carbonyl (C=O) groups excluding carboxylic acids is 1. The number of nitrogens with zero attached hydrogens (tertiary/aromatic N) is 3. The van der Waals surface area contributed by atoms with Gasteiger partial charge < -0.3 is 14.6 Å². The van der Waals surface area contributed by atoms with Gasteiger partial charge in [0.05, 0.1) is 18.5 Å². The number of anilines is 1. The molecule has 160 valence electrons. The number of amides is 1. The highest BCUT2D eigenvalue weighted by Crippen LogP contribution is 2.33. The molecule has 0 unspecified atom stereocenters. The number of carbonyl (C=O) groups is 1. The number of sulfonamides is 1. The molecule has 0 radical (unpaired) electrons. The quantitative estimate of drug-likeness (QED) is 0.649. The summed E-state index contributed by atoms with van der Waals surface area (Å²) in [5.41, 5.74) is 1.40. The van der Waals surface area contributed by atoms with E-state index in [1.54, 1.807) is 40.5 Å². The minimum absolute atomic E-state index is 0.129. The summed E-state index contributed by atoms with van der Waals surface area (Å²) in [7, 11) is -3.78. The molecule has 0 atom stereocenters. The maximum atomic E-state index is 12.8. The first-order chi connectivity index (χ1) is 15.0. The molecule has 1 N–H and O–H groups in total. The molecule has 0 spiro atoms. The van der Waals surface area contributed by atoms with Crippen molar-refractivity contribution in [3.63, 3.8) is 0 Å². The summed E-state index contributed by atoms with van der Waals surface area (Å²) in [4.78, 5) is 17.4. The first kappa shape index (κ1) is 20.0. The van der Waals surface area contributed by atoms with E-state index >= 15 is 0 Å². The Morgan fingerprint density at radius 1 is 1.13 bits per heavy atom. The van der Waals surface area contributed by atoms with Gasteiger partial charge in [-0.1, -0.05) is 12.1 Å². The lowest BCUT2D eigenvalue weighted by Crippen LogP contribution is -2.50. The number of amidine groups is 1. The Morgan fingerprint density at radius 3 is 2.68 bits per heavy atom. The summed E-state index contributed by atoms with van der Waals surface area (Å²) in [6.07, 6.45) is 1.48. The molecule has 0 aliphatic carbocycles. The number of piperazine rings is 1. The second-order valence-electron chi connectivity index (χ2n) is 7.37. The van der Waals surface area contributed by atoms with Crippen molar-refractivity contribution >= 4 is 38.8 Å². The van der Waals surface area contributed by atoms with Gasteiger partial charge in [0.2, 0.25) is 0 Å². The molecule has 0 saturated carbocycles. The number of hydrogen-bond donors (Lipinski definition) is 1. The molecular formula is C21H20N4O4S2. The Kier molecular flexibility index (Phi) is 5.12. The van der Waals surface area contributed by atoms with Crippen LogP contribution in [0.5, 0.6) is 0 Å². The number of nitrogens with one attached hydrogen (secondary N) is 1. The van der Waals surface area contributed by atoms with Crippen LogP contribution in [0.25, 0.3) is 10.4 Å². The van der Waals surface area contributed by atoms with Gasteiger partial charge in [-0.3, -0.25) is 9.69 Å². The third-order valence-electron chi connectivity index (χ3n) is 5.34. The fourth-order valence-corrected chi connectivity index (χ4v) is 5.64. The summed E-state index contributed by atoms with van der Waals surface area (Å²) < 4.78 is 34.8. The average molecular weight is 457 g/mol. The van der Waals surface area contributed by atoms with Crippen LogP contribution in [-0.2, 0) is 10.0 Å². The Labute approximate surface area is 183 Å². The second-order valence-corrected chi connectivity index (χ2v) is 9.89. The first-order valence-electron chi connectivity index (χ1n) is 9.83. The highest BCUT2D eigenvalue weighted by atomic mass is 32.2. The zero-order valence-electron chi connectivity index (χ0n) is 16.5. The van der Waals surface area contributed by atoms with Gasteiger partial charge >= 0.3 is 0 Å². The highest BCUT2D eigenvalue weighted by Gasteiger charge is 2.28. The molecule has 31 heavy (non-hydrogen) atoms. The number of fused-ring (bicyclic) bond motifs is 1. The van der Waals surface area contributed by atoms with Crippen molar-refractivity contribution in [2.24, 2.45) is 4.40 Å². The number of rotatable bonds is 4. The zero-order valence-corrected chi connectivity index (χ0v) is 18.2. The van der Waals surface area contributed by atoms with Crippen LogP contribution in [0, 0.1) is 0 Å². The highest BCUT2D eigenvalue weighted by molar-refractivity contribution is 7.90. The lowest BCUT2D eigenvalue weighted by Gasteiger charge is -2.34. The Bertz CT molecular complexity index is 1230. The van der Waals surface area contributed by atoms with E-state index in [2.05, 4.69) is 14.6 Å². The van der Waals surface area contributed by atoms with Crippen molar-refractivity contribution in [1.29, 1.82) is 0 Å². The molecule has 10 heteroatoms. The maximum Gasteiger partial charge on any atom is 0.289 e. The minimum Gasteiger partial charge on any atom is -0.459 e. The molecule has 0 bridgehead atoms. The predicted octanol–water partition coefficient (Wildman–Crippen LogP) is 2.98. The van der Waals surface area contributed by atoms with Crippen molar-refractivity contribution in [1.82, 2.24) is 9.80 Å².